The molecule has 0 saturated heterocycles. The van der Waals surface area contributed by atoms with Crippen molar-refractivity contribution in [2.24, 2.45) is 0 Å². The maximum absolute atomic E-state index is 14.5. The highest BCUT2D eigenvalue weighted by Gasteiger charge is 2.61. The Bertz CT molecular complexity index is 1030. The van der Waals surface area contributed by atoms with Crippen LogP contribution in [-0.2, 0) is 15.9 Å². The number of anilines is 1. The lowest BCUT2D eigenvalue weighted by atomic mass is 9.84. The van der Waals surface area contributed by atoms with Crippen LogP contribution in [-0.4, -0.2) is 45.9 Å². The molecule has 1 spiro atoms. The summed E-state index contributed by atoms with van der Waals surface area (Å²) in [4.78, 5) is 34.4. The van der Waals surface area contributed by atoms with Crippen molar-refractivity contribution in [3.05, 3.63) is 52.3 Å². The molecule has 2 aromatic rings. The first kappa shape index (κ1) is 18.4. The first-order chi connectivity index (χ1) is 13.8. The molecule has 1 N–H and O–H groups in total. The molecule has 2 heterocycles. The van der Waals surface area contributed by atoms with Crippen molar-refractivity contribution in [2.45, 2.75) is 36.5 Å². The topological polar surface area (TPSA) is 75.2 Å². The summed E-state index contributed by atoms with van der Waals surface area (Å²) < 4.78 is 28.9. The van der Waals surface area contributed by atoms with Gasteiger partial charge in [-0.05, 0) is 36.5 Å². The van der Waals surface area contributed by atoms with E-state index in [1.807, 2.05) is 0 Å². The Hall–Kier alpha value is -2.61. The number of nitrogens with zero attached hydrogens (tertiary/aromatic N) is 3. The monoisotopic (exact) mass is 418 g/mol. The van der Waals surface area contributed by atoms with E-state index in [-0.39, 0.29) is 31.4 Å². The quantitative estimate of drug-likeness (QED) is 0.827. The molecule has 2 fully saturated rings. The molecule has 29 heavy (non-hydrogen) atoms. The summed E-state index contributed by atoms with van der Waals surface area (Å²) in [5.74, 6) is -0.795. The number of carbonyl (C=O) groups excluding carboxylic acids is 2. The molecule has 2 saturated carbocycles. The van der Waals surface area contributed by atoms with E-state index in [0.717, 1.165) is 0 Å². The number of amides is 2. The van der Waals surface area contributed by atoms with E-state index in [9.17, 15) is 18.4 Å². The highest BCUT2D eigenvalue weighted by Crippen LogP contribution is 2.57. The maximum atomic E-state index is 14.5. The third kappa shape index (κ3) is 3.06. The molecule has 2 atom stereocenters. The molecule has 3 aliphatic rings. The van der Waals surface area contributed by atoms with Crippen LogP contribution in [0.15, 0.2) is 30.6 Å². The van der Waals surface area contributed by atoms with E-state index in [2.05, 4.69) is 15.3 Å². The van der Waals surface area contributed by atoms with Crippen molar-refractivity contribution in [2.75, 3.05) is 18.4 Å². The van der Waals surface area contributed by atoms with Gasteiger partial charge in [0.15, 0.2) is 0 Å². The van der Waals surface area contributed by atoms with Crippen LogP contribution in [0.25, 0.3) is 0 Å². The maximum Gasteiger partial charge on any atom is 0.254 e. The molecular formula is C20H17ClF2N4O2. The summed E-state index contributed by atoms with van der Waals surface area (Å²) in [5, 5.41) is 2.83. The van der Waals surface area contributed by atoms with Crippen molar-refractivity contribution in [3.63, 3.8) is 0 Å². The first-order valence-electron chi connectivity index (χ1n) is 9.35. The molecule has 0 unspecified atom stereocenters. The molecule has 0 radical (unpaired) electrons. The van der Waals surface area contributed by atoms with Crippen molar-refractivity contribution in [1.29, 1.82) is 0 Å². The molecule has 2 aliphatic carbocycles. The van der Waals surface area contributed by atoms with Crippen LogP contribution >= 0.6 is 11.6 Å². The van der Waals surface area contributed by atoms with Crippen molar-refractivity contribution in [3.8, 4) is 0 Å². The van der Waals surface area contributed by atoms with Crippen LogP contribution in [0.5, 0.6) is 0 Å². The first-order valence-corrected chi connectivity index (χ1v) is 9.73. The van der Waals surface area contributed by atoms with E-state index in [1.54, 1.807) is 18.2 Å². The van der Waals surface area contributed by atoms with Gasteiger partial charge < -0.3 is 4.90 Å². The van der Waals surface area contributed by atoms with E-state index in [4.69, 9.17) is 11.6 Å². The number of alkyl halides is 2. The fraction of sp³-hybridized carbons (Fsp3) is 0.400. The van der Waals surface area contributed by atoms with Gasteiger partial charge in [0.2, 0.25) is 11.9 Å². The standard InChI is InChI=1S/C20H17ClF2N4O2/c21-12-7-24-18(25-8-12)26-16(28)9-27-10-19(6-15(19)22)14-5-11(20(23)3-4-20)1-2-13(14)17(27)29/h1-2,5,7-8,15H,3-4,6,9-10H2,(H,24,25,26,28)/t15-,19-/m1/s1. The van der Waals surface area contributed by atoms with Crippen LogP contribution in [0, 0.1) is 0 Å². The summed E-state index contributed by atoms with van der Waals surface area (Å²) in [6.45, 7) is -0.175. The fourth-order valence-electron chi connectivity index (χ4n) is 4.03. The third-order valence-electron chi connectivity index (χ3n) is 5.94. The van der Waals surface area contributed by atoms with E-state index in [0.29, 0.717) is 34.6 Å². The van der Waals surface area contributed by atoms with Crippen molar-refractivity contribution >= 4 is 29.4 Å². The predicted molar refractivity (Wildman–Crippen MR) is 101 cm³/mol. The molecule has 1 aromatic carbocycles. The molecule has 5 rings (SSSR count). The number of nitrogens with one attached hydrogen (secondary N) is 1. The van der Waals surface area contributed by atoms with Gasteiger partial charge in [0.05, 0.1) is 17.4 Å². The number of fused-ring (bicyclic) bond motifs is 2. The Kier molecular flexibility index (Phi) is 3.93. The van der Waals surface area contributed by atoms with E-state index < -0.39 is 23.2 Å². The summed E-state index contributed by atoms with van der Waals surface area (Å²) in [6.07, 6.45) is 2.72. The lowest BCUT2D eigenvalue weighted by molar-refractivity contribution is -0.117. The third-order valence-corrected chi connectivity index (χ3v) is 6.14. The zero-order valence-corrected chi connectivity index (χ0v) is 16.0. The Labute approximate surface area is 170 Å². The second-order valence-electron chi connectivity index (χ2n) is 7.99. The SMILES string of the molecule is O=C(CN1C[C@]2(C[C@H]2F)c2cc(C3(F)CC3)ccc2C1=O)Nc1ncc(Cl)cn1. The average molecular weight is 419 g/mol. The molecule has 6 nitrogen and oxygen atoms in total. The Morgan fingerprint density at radius 2 is 2.00 bits per heavy atom. The van der Waals surface area contributed by atoms with E-state index >= 15 is 0 Å². The van der Waals surface area contributed by atoms with Crippen LogP contribution in [0.1, 0.15) is 40.7 Å². The van der Waals surface area contributed by atoms with Gasteiger partial charge in [-0.25, -0.2) is 18.7 Å². The number of hydrogen-bond acceptors (Lipinski definition) is 4. The lowest BCUT2D eigenvalue weighted by Crippen LogP contribution is -2.47. The number of hydrogen-bond donors (Lipinski definition) is 1. The molecule has 9 heteroatoms. The summed E-state index contributed by atoms with van der Waals surface area (Å²) >= 11 is 5.72. The van der Waals surface area contributed by atoms with Crippen molar-refractivity contribution in [1.82, 2.24) is 14.9 Å². The van der Waals surface area contributed by atoms with Gasteiger partial charge in [-0.2, -0.15) is 0 Å². The number of aromatic nitrogens is 2. The van der Waals surface area contributed by atoms with Gasteiger partial charge in [0, 0.05) is 17.5 Å². The second-order valence-corrected chi connectivity index (χ2v) is 8.42. The summed E-state index contributed by atoms with van der Waals surface area (Å²) in [6, 6.07) is 4.81. The molecule has 150 valence electrons. The number of benzene rings is 1. The van der Waals surface area contributed by atoms with Gasteiger partial charge in [-0.1, -0.05) is 23.7 Å². The molecule has 1 aliphatic heterocycles. The molecule has 1 aromatic heterocycles. The molecule has 2 amide bonds. The minimum atomic E-state index is -1.35. The van der Waals surface area contributed by atoms with Gasteiger partial charge in [0.1, 0.15) is 18.4 Å². The smallest absolute Gasteiger partial charge is 0.254 e. The van der Waals surface area contributed by atoms with Crippen LogP contribution < -0.4 is 5.32 Å². The minimum absolute atomic E-state index is 0.0658. The van der Waals surface area contributed by atoms with Gasteiger partial charge >= 0.3 is 0 Å². The average Bonchev–Trinajstić information content (AvgIpc) is 3.59. The lowest BCUT2D eigenvalue weighted by Gasteiger charge is -2.34. The summed E-state index contributed by atoms with van der Waals surface area (Å²) in [7, 11) is 0. The largest absolute Gasteiger partial charge is 0.328 e. The highest BCUT2D eigenvalue weighted by molar-refractivity contribution is 6.30. The Morgan fingerprint density at radius 1 is 1.31 bits per heavy atom. The number of rotatable bonds is 4. The highest BCUT2D eigenvalue weighted by atomic mass is 35.5. The molecular weight excluding hydrogens is 402 g/mol. The molecule has 0 bridgehead atoms. The summed E-state index contributed by atoms with van der Waals surface area (Å²) in [5.41, 5.74) is -0.806. The van der Waals surface area contributed by atoms with Gasteiger partial charge in [-0.3, -0.25) is 14.9 Å². The van der Waals surface area contributed by atoms with Gasteiger partial charge in [-0.15, -0.1) is 0 Å². The van der Waals surface area contributed by atoms with Crippen LogP contribution in [0.2, 0.25) is 5.02 Å². The second kappa shape index (κ2) is 6.19. The fourth-order valence-corrected chi connectivity index (χ4v) is 4.13. The van der Waals surface area contributed by atoms with Gasteiger partial charge in [0.25, 0.3) is 5.91 Å². The van der Waals surface area contributed by atoms with Crippen molar-refractivity contribution < 1.29 is 18.4 Å². The zero-order chi connectivity index (χ0) is 20.4. The van der Waals surface area contributed by atoms with E-state index in [1.165, 1.54) is 17.3 Å². The Morgan fingerprint density at radius 3 is 2.62 bits per heavy atom. The van der Waals surface area contributed by atoms with Crippen LogP contribution in [0.3, 0.4) is 0 Å². The Balaban J connectivity index is 1.39. The zero-order valence-electron chi connectivity index (χ0n) is 15.3. The minimum Gasteiger partial charge on any atom is -0.328 e. The number of halogens is 3. The predicted octanol–water partition coefficient (Wildman–Crippen LogP) is 3.16. The van der Waals surface area contributed by atoms with Crippen LogP contribution in [0.4, 0.5) is 14.7 Å². The normalized spacial score (nSPS) is 26.2. The number of carbonyl (C=O) groups is 2.